The first-order valence-corrected chi connectivity index (χ1v) is 18.9. The fourth-order valence-corrected chi connectivity index (χ4v) is 8.12. The van der Waals surface area contributed by atoms with Gasteiger partial charge in [-0.2, -0.15) is 0 Å². The Kier molecular flexibility index (Phi) is 7.42. The molecule has 262 valence electrons. The summed E-state index contributed by atoms with van der Waals surface area (Å²) in [6, 6.07) is 68.0. The number of aromatic nitrogens is 5. The molecule has 3 aromatic heterocycles. The minimum absolute atomic E-state index is 0.610. The fraction of sp³-hybridized carbons (Fsp3) is 0. The van der Waals surface area contributed by atoms with E-state index in [0.29, 0.717) is 17.5 Å². The molecular weight excluding hydrogens is 683 g/mol. The zero-order valence-electron chi connectivity index (χ0n) is 30.3. The lowest BCUT2D eigenvalue weighted by Gasteiger charge is -2.12. The molecule has 11 rings (SSSR count). The van der Waals surface area contributed by atoms with E-state index in [4.69, 9.17) is 15.0 Å². The molecule has 5 nitrogen and oxygen atoms in total. The van der Waals surface area contributed by atoms with Gasteiger partial charge in [0.25, 0.3) is 0 Å². The van der Waals surface area contributed by atoms with Crippen molar-refractivity contribution in [3.8, 4) is 62.1 Å². The second kappa shape index (κ2) is 13.0. The quantitative estimate of drug-likeness (QED) is 0.186. The molecule has 0 atom stereocenters. The van der Waals surface area contributed by atoms with Gasteiger partial charge in [-0.3, -0.25) is 0 Å². The third-order valence-electron chi connectivity index (χ3n) is 10.8. The Bertz CT molecular complexity index is 3100. The highest BCUT2D eigenvalue weighted by Crippen LogP contribution is 2.43. The van der Waals surface area contributed by atoms with Gasteiger partial charge in [0, 0.05) is 49.4 Å². The van der Waals surface area contributed by atoms with E-state index in [2.05, 4.69) is 192 Å². The van der Waals surface area contributed by atoms with Crippen LogP contribution in [0.25, 0.3) is 106 Å². The smallest absolute Gasteiger partial charge is 0.166 e. The van der Waals surface area contributed by atoms with E-state index in [1.807, 2.05) is 12.1 Å². The number of rotatable bonds is 6. The summed E-state index contributed by atoms with van der Waals surface area (Å²) >= 11 is 0. The van der Waals surface area contributed by atoms with Crippen LogP contribution < -0.4 is 0 Å². The Hall–Kier alpha value is -7.63. The van der Waals surface area contributed by atoms with E-state index in [1.165, 1.54) is 16.5 Å². The van der Waals surface area contributed by atoms with Gasteiger partial charge in [-0.15, -0.1) is 0 Å². The number of hydrogen-bond donors (Lipinski definition) is 1. The van der Waals surface area contributed by atoms with Crippen LogP contribution in [0.4, 0.5) is 0 Å². The average Bonchev–Trinajstić information content (AvgIpc) is 3.83. The van der Waals surface area contributed by atoms with Crippen molar-refractivity contribution in [3.63, 3.8) is 0 Å². The summed E-state index contributed by atoms with van der Waals surface area (Å²) in [6.45, 7) is 0. The van der Waals surface area contributed by atoms with Gasteiger partial charge in [0.15, 0.2) is 17.5 Å². The van der Waals surface area contributed by atoms with Crippen molar-refractivity contribution in [1.29, 1.82) is 0 Å². The Balaban J connectivity index is 1.18. The summed E-state index contributed by atoms with van der Waals surface area (Å²) in [5.74, 6) is 1.85. The minimum Gasteiger partial charge on any atom is -0.354 e. The van der Waals surface area contributed by atoms with Crippen LogP contribution in [-0.2, 0) is 0 Å². The monoisotopic (exact) mass is 715 g/mol. The number of aromatic amines is 1. The molecule has 0 saturated carbocycles. The number of H-pyrrole nitrogens is 1. The second-order valence-electron chi connectivity index (χ2n) is 14.1. The number of hydrogen-bond acceptors (Lipinski definition) is 3. The summed E-state index contributed by atoms with van der Waals surface area (Å²) in [6.07, 6.45) is 0. The molecule has 0 aliphatic rings. The van der Waals surface area contributed by atoms with Crippen molar-refractivity contribution >= 4 is 43.6 Å². The van der Waals surface area contributed by atoms with Gasteiger partial charge in [-0.05, 0) is 52.6 Å². The van der Waals surface area contributed by atoms with Crippen LogP contribution in [0.2, 0.25) is 0 Å². The number of fused-ring (bicyclic) bond motifs is 7. The van der Waals surface area contributed by atoms with E-state index in [9.17, 15) is 0 Å². The average molecular weight is 716 g/mol. The largest absolute Gasteiger partial charge is 0.354 e. The van der Waals surface area contributed by atoms with Gasteiger partial charge < -0.3 is 9.55 Å². The van der Waals surface area contributed by atoms with Crippen LogP contribution in [-0.4, -0.2) is 24.5 Å². The van der Waals surface area contributed by atoms with E-state index < -0.39 is 0 Å². The maximum atomic E-state index is 5.29. The molecule has 0 spiro atoms. The van der Waals surface area contributed by atoms with Crippen molar-refractivity contribution in [1.82, 2.24) is 24.5 Å². The lowest BCUT2D eigenvalue weighted by atomic mass is 10.0. The topological polar surface area (TPSA) is 59.4 Å². The molecule has 56 heavy (non-hydrogen) atoms. The first-order chi connectivity index (χ1) is 27.8. The van der Waals surface area contributed by atoms with E-state index in [0.717, 1.165) is 71.7 Å². The van der Waals surface area contributed by atoms with Gasteiger partial charge in [-0.1, -0.05) is 164 Å². The highest BCUT2D eigenvalue weighted by Gasteiger charge is 2.23. The molecule has 0 unspecified atom stereocenters. The van der Waals surface area contributed by atoms with Gasteiger partial charge in [0.2, 0.25) is 0 Å². The Labute approximate surface area is 323 Å². The molecule has 0 aliphatic carbocycles. The molecule has 0 amide bonds. The van der Waals surface area contributed by atoms with Crippen molar-refractivity contribution < 1.29 is 0 Å². The molecule has 0 aliphatic heterocycles. The number of nitrogens with one attached hydrogen (secondary N) is 1. The van der Waals surface area contributed by atoms with Gasteiger partial charge in [-0.25, -0.2) is 15.0 Å². The standard InChI is InChI=1S/C51H33N5/c1-4-14-33(15-5-1)35-24-28-37(29-25-35)49-53-50(38-30-26-36(27-31-38)34-16-6-2-7-17-34)55-51(54-49)43-32-42-40-20-11-13-23-45(40)56(39-18-8-3-9-19-39)48(42)46-41-21-10-12-22-44(41)52-47(43)46/h1-32,52H. The van der Waals surface area contributed by atoms with E-state index in [1.54, 1.807) is 0 Å². The summed E-state index contributed by atoms with van der Waals surface area (Å²) < 4.78 is 2.39. The van der Waals surface area contributed by atoms with Gasteiger partial charge in [0.05, 0.1) is 16.6 Å². The molecule has 3 heterocycles. The molecule has 0 saturated heterocycles. The molecule has 8 aromatic carbocycles. The van der Waals surface area contributed by atoms with Crippen LogP contribution in [0.3, 0.4) is 0 Å². The molecule has 5 heteroatoms. The lowest BCUT2D eigenvalue weighted by molar-refractivity contribution is 1.08. The minimum atomic E-state index is 0.610. The van der Waals surface area contributed by atoms with Crippen LogP contribution in [0.1, 0.15) is 0 Å². The molecule has 11 aromatic rings. The Morgan fingerprint density at radius 3 is 1.45 bits per heavy atom. The maximum Gasteiger partial charge on any atom is 0.166 e. The SMILES string of the molecule is c1ccc(-c2ccc(-c3nc(-c4ccc(-c5ccccc5)cc4)nc(-c4cc5c6ccccc6n(-c6ccccc6)c5c5c4[nH]c4ccccc45)n3)cc2)cc1. The third-order valence-corrected chi connectivity index (χ3v) is 10.8. The van der Waals surface area contributed by atoms with Crippen LogP contribution in [0, 0.1) is 0 Å². The Morgan fingerprint density at radius 1 is 0.375 bits per heavy atom. The van der Waals surface area contributed by atoms with Gasteiger partial charge >= 0.3 is 0 Å². The van der Waals surface area contributed by atoms with Crippen molar-refractivity contribution in [2.45, 2.75) is 0 Å². The van der Waals surface area contributed by atoms with Gasteiger partial charge in [0.1, 0.15) is 0 Å². The number of benzene rings is 8. The van der Waals surface area contributed by atoms with Crippen molar-refractivity contribution in [3.05, 3.63) is 194 Å². The summed E-state index contributed by atoms with van der Waals surface area (Å²) in [4.78, 5) is 19.5. The highest BCUT2D eigenvalue weighted by molar-refractivity contribution is 6.28. The van der Waals surface area contributed by atoms with E-state index in [-0.39, 0.29) is 0 Å². The lowest BCUT2D eigenvalue weighted by Crippen LogP contribution is -2.01. The van der Waals surface area contributed by atoms with Crippen LogP contribution in [0.15, 0.2) is 194 Å². The zero-order valence-corrected chi connectivity index (χ0v) is 30.3. The first kappa shape index (κ1) is 31.9. The Morgan fingerprint density at radius 2 is 0.839 bits per heavy atom. The second-order valence-corrected chi connectivity index (χ2v) is 14.1. The summed E-state index contributed by atoms with van der Waals surface area (Å²) in [5, 5.41) is 4.59. The molecule has 0 radical (unpaired) electrons. The van der Waals surface area contributed by atoms with E-state index >= 15 is 0 Å². The van der Waals surface area contributed by atoms with Crippen molar-refractivity contribution in [2.75, 3.05) is 0 Å². The number of nitrogens with zero attached hydrogens (tertiary/aromatic N) is 4. The fourth-order valence-electron chi connectivity index (χ4n) is 8.12. The summed E-state index contributed by atoms with van der Waals surface area (Å²) in [5.41, 5.74) is 12.8. The van der Waals surface area contributed by atoms with Crippen LogP contribution >= 0.6 is 0 Å². The molecule has 0 bridgehead atoms. The predicted molar refractivity (Wildman–Crippen MR) is 231 cm³/mol. The zero-order chi connectivity index (χ0) is 37.0. The normalized spacial score (nSPS) is 11.6. The van der Waals surface area contributed by atoms with Crippen molar-refractivity contribution in [2.24, 2.45) is 0 Å². The van der Waals surface area contributed by atoms with Crippen LogP contribution in [0.5, 0.6) is 0 Å². The maximum absolute atomic E-state index is 5.29. The molecular formula is C51H33N5. The highest BCUT2D eigenvalue weighted by atomic mass is 15.0. The third kappa shape index (κ3) is 5.29. The summed E-state index contributed by atoms with van der Waals surface area (Å²) in [7, 11) is 0. The molecule has 0 fully saturated rings. The first-order valence-electron chi connectivity index (χ1n) is 18.9. The number of para-hydroxylation sites is 3. The molecule has 1 N–H and O–H groups in total. The predicted octanol–water partition coefficient (Wildman–Crippen LogP) is 12.9.